The number of ether oxygens (including phenoxy) is 1. The molecule has 0 radical (unpaired) electrons. The third kappa shape index (κ3) is 3.56. The summed E-state index contributed by atoms with van der Waals surface area (Å²) in [7, 11) is 1.70. The van der Waals surface area contributed by atoms with Gasteiger partial charge in [-0.25, -0.2) is 0 Å². The molecule has 1 N–H and O–H groups in total. The van der Waals surface area contributed by atoms with Crippen LogP contribution in [0.1, 0.15) is 31.7 Å². The molecule has 0 aliphatic heterocycles. The average Bonchev–Trinajstić information content (AvgIpc) is 2.31. The predicted octanol–water partition coefficient (Wildman–Crippen LogP) is 2.80. The first-order valence-corrected chi connectivity index (χ1v) is 5.66. The summed E-state index contributed by atoms with van der Waals surface area (Å²) in [6.07, 6.45) is 1.17. The molecule has 2 heteroatoms. The molecule has 2 nitrogen and oxygen atoms in total. The Morgan fingerprint density at radius 1 is 1.20 bits per heavy atom. The van der Waals surface area contributed by atoms with Gasteiger partial charge < -0.3 is 10.1 Å². The highest BCUT2D eigenvalue weighted by atomic mass is 16.5. The van der Waals surface area contributed by atoms with Crippen LogP contribution in [0, 0.1) is 0 Å². The third-order valence-electron chi connectivity index (χ3n) is 2.72. The number of likely N-dealkylation sites (N-methyl/N-ethyl adjacent to an activating group) is 1. The number of benzene rings is 1. The molecule has 1 aromatic carbocycles. The molecule has 0 amide bonds. The predicted molar refractivity (Wildman–Crippen MR) is 64.6 cm³/mol. The van der Waals surface area contributed by atoms with Crippen molar-refractivity contribution in [2.24, 2.45) is 0 Å². The van der Waals surface area contributed by atoms with Gasteiger partial charge in [0.05, 0.1) is 7.11 Å². The lowest BCUT2D eigenvalue weighted by Crippen LogP contribution is -2.20. The van der Waals surface area contributed by atoms with E-state index >= 15 is 0 Å². The fourth-order valence-corrected chi connectivity index (χ4v) is 1.69. The molecule has 1 rings (SSSR count). The Morgan fingerprint density at radius 2 is 1.87 bits per heavy atom. The molecular weight excluding hydrogens is 186 g/mol. The van der Waals surface area contributed by atoms with Gasteiger partial charge in [-0.05, 0) is 36.6 Å². The largest absolute Gasteiger partial charge is 0.497 e. The quantitative estimate of drug-likeness (QED) is 0.774. The van der Waals surface area contributed by atoms with Crippen LogP contribution in [0.25, 0.3) is 0 Å². The molecule has 1 aromatic rings. The molecular formula is C13H21NO. The molecule has 84 valence electrons. The number of methoxy groups -OCH3 is 1. The van der Waals surface area contributed by atoms with E-state index < -0.39 is 0 Å². The first-order valence-electron chi connectivity index (χ1n) is 5.66. The second-order valence-electron chi connectivity index (χ2n) is 3.69. The summed E-state index contributed by atoms with van der Waals surface area (Å²) in [5.41, 5.74) is 1.39. The molecule has 0 aliphatic rings. The first-order chi connectivity index (χ1) is 7.31. The van der Waals surface area contributed by atoms with E-state index in [2.05, 4.69) is 31.3 Å². The Kier molecular flexibility index (Phi) is 5.19. The van der Waals surface area contributed by atoms with Gasteiger partial charge in [-0.2, -0.15) is 0 Å². The van der Waals surface area contributed by atoms with E-state index in [0.717, 1.165) is 18.8 Å². The molecule has 0 aromatic heterocycles. The van der Waals surface area contributed by atoms with Crippen molar-refractivity contribution >= 4 is 0 Å². The fourth-order valence-electron chi connectivity index (χ4n) is 1.69. The molecule has 0 saturated carbocycles. The van der Waals surface area contributed by atoms with Gasteiger partial charge in [0.25, 0.3) is 0 Å². The Morgan fingerprint density at radius 3 is 2.33 bits per heavy atom. The molecule has 1 atom stereocenters. The van der Waals surface area contributed by atoms with Crippen molar-refractivity contribution < 1.29 is 4.74 Å². The number of nitrogens with one attached hydrogen (secondary N) is 1. The lowest BCUT2D eigenvalue weighted by molar-refractivity contribution is 0.414. The zero-order valence-corrected chi connectivity index (χ0v) is 9.92. The van der Waals surface area contributed by atoms with E-state index in [4.69, 9.17) is 4.74 Å². The van der Waals surface area contributed by atoms with Crippen LogP contribution in [0.4, 0.5) is 0 Å². The van der Waals surface area contributed by atoms with Crippen LogP contribution in [-0.2, 0) is 0 Å². The Bertz CT molecular complexity index is 268. The summed E-state index contributed by atoms with van der Waals surface area (Å²) in [6, 6.07) is 8.38. The van der Waals surface area contributed by atoms with Gasteiger partial charge in [0.15, 0.2) is 0 Å². The van der Waals surface area contributed by atoms with Crippen LogP contribution in [0.15, 0.2) is 24.3 Å². The maximum atomic E-state index is 5.15. The lowest BCUT2D eigenvalue weighted by atomic mass is 9.96. The highest BCUT2D eigenvalue weighted by molar-refractivity contribution is 5.29. The van der Waals surface area contributed by atoms with Crippen molar-refractivity contribution in [1.29, 1.82) is 0 Å². The Balaban J connectivity index is 2.65. The minimum atomic E-state index is 0.607. The van der Waals surface area contributed by atoms with Crippen LogP contribution in [0.5, 0.6) is 5.75 Å². The van der Waals surface area contributed by atoms with Crippen LogP contribution < -0.4 is 10.1 Å². The van der Waals surface area contributed by atoms with Crippen LogP contribution in [-0.4, -0.2) is 20.2 Å². The highest BCUT2D eigenvalue weighted by Crippen LogP contribution is 2.21. The maximum absolute atomic E-state index is 5.15. The van der Waals surface area contributed by atoms with Gasteiger partial charge in [-0.15, -0.1) is 0 Å². The fraction of sp³-hybridized carbons (Fsp3) is 0.538. The molecule has 0 fully saturated rings. The van der Waals surface area contributed by atoms with E-state index in [0.29, 0.717) is 5.92 Å². The van der Waals surface area contributed by atoms with Gasteiger partial charge >= 0.3 is 0 Å². The van der Waals surface area contributed by atoms with Crippen molar-refractivity contribution in [2.45, 2.75) is 26.2 Å². The van der Waals surface area contributed by atoms with Crippen LogP contribution in [0.2, 0.25) is 0 Å². The summed E-state index contributed by atoms with van der Waals surface area (Å²) in [4.78, 5) is 0. The maximum Gasteiger partial charge on any atom is 0.118 e. The zero-order chi connectivity index (χ0) is 11.1. The molecule has 0 saturated heterocycles. The second-order valence-corrected chi connectivity index (χ2v) is 3.69. The van der Waals surface area contributed by atoms with Crippen molar-refractivity contribution in [3.05, 3.63) is 29.8 Å². The molecule has 15 heavy (non-hydrogen) atoms. The minimum absolute atomic E-state index is 0.607. The van der Waals surface area contributed by atoms with Gasteiger partial charge in [0.2, 0.25) is 0 Å². The van der Waals surface area contributed by atoms with Gasteiger partial charge in [0, 0.05) is 6.54 Å². The van der Waals surface area contributed by atoms with Crippen molar-refractivity contribution in [1.82, 2.24) is 5.32 Å². The summed E-state index contributed by atoms with van der Waals surface area (Å²) in [5, 5.41) is 3.40. The Labute approximate surface area is 92.6 Å². The summed E-state index contributed by atoms with van der Waals surface area (Å²) < 4.78 is 5.15. The van der Waals surface area contributed by atoms with Crippen LogP contribution in [0.3, 0.4) is 0 Å². The summed E-state index contributed by atoms with van der Waals surface area (Å²) >= 11 is 0. The van der Waals surface area contributed by atoms with E-state index in [1.54, 1.807) is 7.11 Å². The standard InChI is InChI=1S/C13H21NO/c1-4-11(10-14-5-2)12-6-8-13(15-3)9-7-12/h6-9,11,14H,4-5,10H2,1-3H3. The van der Waals surface area contributed by atoms with Crippen molar-refractivity contribution in [3.8, 4) is 5.75 Å². The lowest BCUT2D eigenvalue weighted by Gasteiger charge is -2.15. The molecule has 0 aliphatic carbocycles. The number of hydrogen-bond acceptors (Lipinski definition) is 2. The molecule has 0 spiro atoms. The van der Waals surface area contributed by atoms with E-state index in [-0.39, 0.29) is 0 Å². The molecule has 0 heterocycles. The molecule has 0 bridgehead atoms. The SMILES string of the molecule is CCNCC(CC)c1ccc(OC)cc1. The van der Waals surface area contributed by atoms with E-state index in [1.807, 2.05) is 12.1 Å². The van der Waals surface area contributed by atoms with Crippen molar-refractivity contribution in [3.63, 3.8) is 0 Å². The van der Waals surface area contributed by atoms with Crippen LogP contribution >= 0.6 is 0 Å². The topological polar surface area (TPSA) is 21.3 Å². The van der Waals surface area contributed by atoms with Crippen molar-refractivity contribution in [2.75, 3.05) is 20.2 Å². The number of hydrogen-bond donors (Lipinski definition) is 1. The normalized spacial score (nSPS) is 12.5. The van der Waals surface area contributed by atoms with E-state index in [9.17, 15) is 0 Å². The monoisotopic (exact) mass is 207 g/mol. The zero-order valence-electron chi connectivity index (χ0n) is 9.92. The van der Waals surface area contributed by atoms with Gasteiger partial charge in [-0.3, -0.25) is 0 Å². The van der Waals surface area contributed by atoms with E-state index in [1.165, 1.54) is 12.0 Å². The smallest absolute Gasteiger partial charge is 0.118 e. The third-order valence-corrected chi connectivity index (χ3v) is 2.72. The average molecular weight is 207 g/mol. The highest BCUT2D eigenvalue weighted by Gasteiger charge is 2.08. The second kappa shape index (κ2) is 6.46. The minimum Gasteiger partial charge on any atom is -0.497 e. The van der Waals surface area contributed by atoms with Gasteiger partial charge in [0.1, 0.15) is 5.75 Å². The molecule has 1 unspecified atom stereocenters. The summed E-state index contributed by atoms with van der Waals surface area (Å²) in [5.74, 6) is 1.54. The summed E-state index contributed by atoms with van der Waals surface area (Å²) in [6.45, 7) is 6.46. The number of rotatable bonds is 6. The van der Waals surface area contributed by atoms with Gasteiger partial charge in [-0.1, -0.05) is 26.0 Å². The Hall–Kier alpha value is -1.02. The first kappa shape index (κ1) is 12.1.